The van der Waals surface area contributed by atoms with Crippen molar-refractivity contribution in [2.75, 3.05) is 33.9 Å². The summed E-state index contributed by atoms with van der Waals surface area (Å²) < 4.78 is 22.8. The van der Waals surface area contributed by atoms with E-state index in [1.165, 1.54) is 51.4 Å². The Balaban J connectivity index is 2.37. The van der Waals surface area contributed by atoms with Crippen molar-refractivity contribution in [3.63, 3.8) is 0 Å². The summed E-state index contributed by atoms with van der Waals surface area (Å²) in [6.45, 7) is 5.43. The summed E-state index contributed by atoms with van der Waals surface area (Å²) in [4.78, 5) is 40.2. The van der Waals surface area contributed by atoms with E-state index in [2.05, 4.69) is 62.5 Å². The van der Waals surface area contributed by atoms with Crippen LogP contribution in [0, 0.1) is 0 Å². The first-order chi connectivity index (χ1) is 26.4. The zero-order valence-electron chi connectivity index (χ0n) is 35.0. The van der Waals surface area contributed by atoms with Gasteiger partial charge < -0.3 is 23.8 Å². The highest BCUT2D eigenvalue weighted by atomic mass is 16.6. The number of esters is 3. The lowest BCUT2D eigenvalue weighted by Crippen LogP contribution is -2.39. The Kier molecular flexibility index (Phi) is 32.8. The van der Waals surface area contributed by atoms with Crippen LogP contribution < -0.4 is 0 Å². The molecule has 1 fully saturated rings. The van der Waals surface area contributed by atoms with Crippen LogP contribution in [0.3, 0.4) is 0 Å². The lowest BCUT2D eigenvalue weighted by Gasteiger charge is -2.23. The van der Waals surface area contributed by atoms with Crippen LogP contribution >= 0.6 is 0 Å². The highest BCUT2D eigenvalue weighted by Crippen LogP contribution is 2.25. The molecular weight excluding hydrogens is 679 g/mol. The average Bonchev–Trinajstić information content (AvgIpc) is 3.50. The summed E-state index contributed by atoms with van der Waals surface area (Å²) in [5, 5.41) is 0. The molecule has 54 heavy (non-hydrogen) atoms. The Labute approximate surface area is 330 Å². The first-order valence-electron chi connectivity index (χ1n) is 21.8. The van der Waals surface area contributed by atoms with Crippen LogP contribution in [-0.4, -0.2) is 75.0 Å². The maximum absolute atomic E-state index is 12.9. The monoisotopic (exact) mass is 758 g/mol. The van der Waals surface area contributed by atoms with Crippen molar-refractivity contribution in [3.05, 3.63) is 48.6 Å². The first kappa shape index (κ1) is 49.3. The summed E-state index contributed by atoms with van der Waals surface area (Å²) in [6.07, 6.45) is 40.8. The molecule has 0 saturated carbocycles. The van der Waals surface area contributed by atoms with E-state index in [0.29, 0.717) is 13.0 Å². The van der Waals surface area contributed by atoms with Crippen LogP contribution in [-0.2, 0) is 33.3 Å². The van der Waals surface area contributed by atoms with Gasteiger partial charge in [0.15, 0.2) is 12.2 Å². The molecule has 1 saturated heterocycles. The zero-order valence-corrected chi connectivity index (χ0v) is 35.0. The molecule has 0 radical (unpaired) electrons. The number of unbranched alkanes of at least 4 members (excludes halogenated alkanes) is 16. The summed E-state index contributed by atoms with van der Waals surface area (Å²) >= 11 is 0. The average molecular weight is 758 g/mol. The number of ether oxygens (including phenoxy) is 4. The van der Waals surface area contributed by atoms with Crippen molar-refractivity contribution in [1.29, 1.82) is 0 Å². The molecule has 1 aliphatic heterocycles. The topological polar surface area (TPSA) is 91.4 Å². The lowest BCUT2D eigenvalue weighted by molar-refractivity contribution is -0.167. The Morgan fingerprint density at radius 3 is 1.50 bits per heavy atom. The normalized spacial score (nSPS) is 17.5. The van der Waals surface area contributed by atoms with Crippen molar-refractivity contribution in [2.24, 2.45) is 0 Å². The van der Waals surface area contributed by atoms with Gasteiger partial charge in [-0.25, -0.2) is 0 Å². The standard InChI is InChI=1S/C46H79NO7/c1-5-7-9-11-13-15-17-19-21-23-25-27-29-31-33-35-43(48)53-42-40-52-41(39-45(50)51-38-37-47(3)4)46(42)54-44(49)36-34-32-30-28-26-24-22-20-18-16-14-12-10-8-6-2/h13-16,19-22,41-42,46H,5-12,17-18,23-40H2,1-4H3/b15-13-,16-14-,21-19-,22-20-/t41-,42+,46+/m1/s1. The van der Waals surface area contributed by atoms with Crippen LogP contribution in [0.25, 0.3) is 0 Å². The number of hydrogen-bond donors (Lipinski definition) is 0. The zero-order chi connectivity index (χ0) is 39.3. The fraction of sp³-hybridized carbons (Fsp3) is 0.761. The number of hydrogen-bond acceptors (Lipinski definition) is 8. The van der Waals surface area contributed by atoms with Crippen LogP contribution in [0.4, 0.5) is 0 Å². The number of carbonyl (C=O) groups excluding carboxylic acids is 3. The maximum Gasteiger partial charge on any atom is 0.308 e. The quantitative estimate of drug-likeness (QED) is 0.0273. The highest BCUT2D eigenvalue weighted by Gasteiger charge is 2.43. The molecule has 0 bridgehead atoms. The molecule has 3 atom stereocenters. The molecule has 1 rings (SSSR count). The fourth-order valence-electron chi connectivity index (χ4n) is 6.24. The molecule has 0 aromatic carbocycles. The van der Waals surface area contributed by atoms with Crippen molar-refractivity contribution in [3.8, 4) is 0 Å². The van der Waals surface area contributed by atoms with Gasteiger partial charge >= 0.3 is 17.9 Å². The Morgan fingerprint density at radius 2 is 1.02 bits per heavy atom. The van der Waals surface area contributed by atoms with Crippen molar-refractivity contribution < 1.29 is 33.3 Å². The van der Waals surface area contributed by atoms with Gasteiger partial charge in [-0.15, -0.1) is 0 Å². The minimum Gasteiger partial charge on any atom is -0.464 e. The summed E-state index contributed by atoms with van der Waals surface area (Å²) in [6, 6.07) is 0. The predicted octanol–water partition coefficient (Wildman–Crippen LogP) is 11.3. The van der Waals surface area contributed by atoms with E-state index >= 15 is 0 Å². The maximum atomic E-state index is 12.9. The number of carbonyl (C=O) groups is 3. The highest BCUT2D eigenvalue weighted by molar-refractivity contribution is 5.72. The third-order valence-electron chi connectivity index (χ3n) is 9.59. The third-order valence-corrected chi connectivity index (χ3v) is 9.59. The number of nitrogens with zero attached hydrogens (tertiary/aromatic N) is 1. The first-order valence-corrected chi connectivity index (χ1v) is 21.8. The number of likely N-dealkylation sites (N-methyl/N-ethyl adjacent to an activating group) is 1. The largest absolute Gasteiger partial charge is 0.464 e. The van der Waals surface area contributed by atoms with Gasteiger partial charge in [0.05, 0.1) is 13.0 Å². The molecule has 8 nitrogen and oxygen atoms in total. The summed E-state index contributed by atoms with van der Waals surface area (Å²) in [7, 11) is 3.82. The smallest absolute Gasteiger partial charge is 0.308 e. The number of allylic oxidation sites excluding steroid dienone is 8. The van der Waals surface area contributed by atoms with Gasteiger partial charge in [0, 0.05) is 19.4 Å². The minimum atomic E-state index is -0.828. The van der Waals surface area contributed by atoms with Crippen molar-refractivity contribution >= 4 is 17.9 Å². The van der Waals surface area contributed by atoms with Gasteiger partial charge in [-0.05, 0) is 91.1 Å². The Bertz CT molecular complexity index is 1050. The molecule has 0 N–H and O–H groups in total. The molecule has 0 aromatic rings. The molecule has 8 heteroatoms. The van der Waals surface area contributed by atoms with Crippen molar-refractivity contribution in [2.45, 2.75) is 193 Å². The van der Waals surface area contributed by atoms with Crippen molar-refractivity contribution in [1.82, 2.24) is 4.90 Å². The van der Waals surface area contributed by atoms with E-state index in [-0.39, 0.29) is 38.0 Å². The second-order valence-corrected chi connectivity index (χ2v) is 15.0. The van der Waals surface area contributed by atoms with Crippen LogP contribution in [0.5, 0.6) is 0 Å². The van der Waals surface area contributed by atoms with E-state index in [9.17, 15) is 14.4 Å². The third kappa shape index (κ3) is 29.6. The van der Waals surface area contributed by atoms with Gasteiger partial charge in [-0.3, -0.25) is 14.4 Å². The molecule has 1 aliphatic rings. The molecule has 0 spiro atoms. The van der Waals surface area contributed by atoms with Gasteiger partial charge in [0.2, 0.25) is 0 Å². The van der Waals surface area contributed by atoms with Crippen LogP contribution in [0.2, 0.25) is 0 Å². The van der Waals surface area contributed by atoms with E-state index in [4.69, 9.17) is 18.9 Å². The van der Waals surface area contributed by atoms with Gasteiger partial charge in [-0.1, -0.05) is 127 Å². The van der Waals surface area contributed by atoms with E-state index < -0.39 is 24.3 Å². The second-order valence-electron chi connectivity index (χ2n) is 15.0. The second kappa shape index (κ2) is 36.0. The molecule has 0 unspecified atom stereocenters. The van der Waals surface area contributed by atoms with Crippen LogP contribution in [0.1, 0.15) is 174 Å². The molecular formula is C46H79NO7. The predicted molar refractivity (Wildman–Crippen MR) is 222 cm³/mol. The van der Waals surface area contributed by atoms with E-state index in [1.54, 1.807) is 0 Å². The van der Waals surface area contributed by atoms with Gasteiger partial charge in [-0.2, -0.15) is 0 Å². The Morgan fingerprint density at radius 1 is 0.574 bits per heavy atom. The lowest BCUT2D eigenvalue weighted by atomic mass is 10.1. The summed E-state index contributed by atoms with van der Waals surface area (Å²) in [5.41, 5.74) is 0. The molecule has 0 aliphatic carbocycles. The van der Waals surface area contributed by atoms with E-state index in [0.717, 1.165) is 89.9 Å². The minimum absolute atomic E-state index is 0.0615. The molecule has 0 aromatic heterocycles. The molecule has 1 heterocycles. The molecule has 310 valence electrons. The molecule has 0 amide bonds. The van der Waals surface area contributed by atoms with E-state index in [1.807, 2.05) is 19.0 Å². The SMILES string of the molecule is CCCCC/C=C\C/C=C\CCCCCCCC(=O)O[C@@H]1[C@@H](OC(=O)CCCCCCC/C=C\C/C=C\CCCCC)CO[C@@H]1CC(=O)OCCN(C)C. The Hall–Kier alpha value is -2.71. The number of rotatable bonds is 35. The fourth-order valence-corrected chi connectivity index (χ4v) is 6.24. The van der Waals surface area contributed by atoms with Crippen LogP contribution in [0.15, 0.2) is 48.6 Å². The van der Waals surface area contributed by atoms with Gasteiger partial charge in [0.1, 0.15) is 12.7 Å². The summed E-state index contributed by atoms with van der Waals surface area (Å²) in [5.74, 6) is -1.09. The van der Waals surface area contributed by atoms with Gasteiger partial charge in [0.25, 0.3) is 0 Å².